The molecule has 42 heavy (non-hydrogen) atoms. The molecule has 0 amide bonds. The standard InChI is InChI=1S/C26H25N5O7S4/c27-20-6-5-18-19(24(20)30-29-21-7-4-17(13-22(21)39)42(37,38)11-9-33)14-23(40)25(26(18)34)31-28-15-2-1-3-16(12-15)41(35,36)10-8-32/h1-7,12-14,32-34,39-40H,8-11,27H2. The highest BCUT2D eigenvalue weighted by Crippen LogP contribution is 2.45. The van der Waals surface area contributed by atoms with Crippen LogP contribution in [0.2, 0.25) is 0 Å². The molecule has 4 aromatic carbocycles. The summed E-state index contributed by atoms with van der Waals surface area (Å²) in [6, 6.07) is 14.4. The first-order chi connectivity index (χ1) is 19.9. The van der Waals surface area contributed by atoms with Gasteiger partial charge in [0.1, 0.15) is 11.4 Å². The van der Waals surface area contributed by atoms with Crippen LogP contribution in [-0.2, 0) is 19.7 Å². The van der Waals surface area contributed by atoms with Crippen LogP contribution in [0.5, 0.6) is 5.75 Å². The molecule has 220 valence electrons. The van der Waals surface area contributed by atoms with Gasteiger partial charge in [-0.1, -0.05) is 6.07 Å². The summed E-state index contributed by atoms with van der Waals surface area (Å²) in [7, 11) is -7.38. The molecule has 12 nitrogen and oxygen atoms in total. The zero-order valence-corrected chi connectivity index (χ0v) is 25.1. The molecule has 0 saturated carbocycles. The molecular formula is C26H25N5O7S4. The van der Waals surface area contributed by atoms with Gasteiger partial charge in [0.15, 0.2) is 25.4 Å². The predicted molar refractivity (Wildman–Crippen MR) is 164 cm³/mol. The lowest BCUT2D eigenvalue weighted by Crippen LogP contribution is -2.09. The number of phenols is 1. The van der Waals surface area contributed by atoms with Gasteiger partial charge in [0.25, 0.3) is 0 Å². The van der Waals surface area contributed by atoms with Crippen LogP contribution in [-0.4, -0.2) is 56.9 Å². The third-order valence-corrected chi connectivity index (χ3v) is 10.1. The number of fused-ring (bicyclic) bond motifs is 1. The van der Waals surface area contributed by atoms with Crippen molar-refractivity contribution in [2.45, 2.75) is 19.6 Å². The van der Waals surface area contributed by atoms with E-state index in [4.69, 9.17) is 15.9 Å². The van der Waals surface area contributed by atoms with E-state index >= 15 is 0 Å². The minimum atomic E-state index is -3.70. The SMILES string of the molecule is Nc1ccc2c(O)c(N=Nc3cccc(S(=O)(=O)CCO)c3)c(S)cc2c1N=Nc1ccc(S(=O)(=O)CCO)cc1S. The lowest BCUT2D eigenvalue weighted by atomic mass is 10.1. The highest BCUT2D eigenvalue weighted by molar-refractivity contribution is 7.91. The summed E-state index contributed by atoms with van der Waals surface area (Å²) in [5.41, 5.74) is 7.06. The number of nitrogen functional groups attached to an aromatic ring is 1. The van der Waals surface area contributed by atoms with Gasteiger partial charge in [-0.05, 0) is 54.6 Å². The minimum Gasteiger partial charge on any atom is -0.505 e. The van der Waals surface area contributed by atoms with E-state index in [2.05, 4.69) is 45.7 Å². The molecular weight excluding hydrogens is 623 g/mol. The van der Waals surface area contributed by atoms with Crippen molar-refractivity contribution >= 4 is 84.1 Å². The Morgan fingerprint density at radius 2 is 1.33 bits per heavy atom. The van der Waals surface area contributed by atoms with Crippen molar-refractivity contribution in [1.82, 2.24) is 0 Å². The van der Waals surface area contributed by atoms with Gasteiger partial charge in [-0.2, -0.15) is 5.11 Å². The fraction of sp³-hybridized carbons (Fsp3) is 0.154. The Bertz CT molecular complexity index is 1950. The maximum Gasteiger partial charge on any atom is 0.180 e. The number of hydrogen-bond donors (Lipinski definition) is 6. The first-order valence-electron chi connectivity index (χ1n) is 12.1. The molecule has 4 rings (SSSR count). The molecule has 0 spiro atoms. The van der Waals surface area contributed by atoms with Gasteiger partial charge in [-0.3, -0.25) is 0 Å². The van der Waals surface area contributed by atoms with Crippen LogP contribution in [0.1, 0.15) is 0 Å². The predicted octanol–water partition coefficient (Wildman–Crippen LogP) is 5.07. The van der Waals surface area contributed by atoms with Crippen molar-refractivity contribution in [2.75, 3.05) is 30.5 Å². The summed E-state index contributed by atoms with van der Waals surface area (Å²) in [5.74, 6) is -1.14. The highest BCUT2D eigenvalue weighted by Gasteiger charge is 2.18. The van der Waals surface area contributed by atoms with Crippen LogP contribution in [0, 0.1) is 0 Å². The summed E-state index contributed by atoms with van der Waals surface area (Å²) in [5, 5.41) is 46.3. The number of aliphatic hydroxyl groups excluding tert-OH is 2. The molecule has 4 aromatic rings. The van der Waals surface area contributed by atoms with E-state index in [0.29, 0.717) is 10.8 Å². The first-order valence-corrected chi connectivity index (χ1v) is 16.3. The number of aliphatic hydroxyl groups is 2. The summed E-state index contributed by atoms with van der Waals surface area (Å²) in [4.78, 5) is 0.390. The number of anilines is 1. The van der Waals surface area contributed by atoms with Crippen LogP contribution >= 0.6 is 25.3 Å². The second kappa shape index (κ2) is 12.8. The minimum absolute atomic E-state index is 0.0134. The van der Waals surface area contributed by atoms with E-state index < -0.39 is 44.4 Å². The molecule has 0 aromatic heterocycles. The number of nitrogens with two attached hydrogens (primary N) is 1. The summed E-state index contributed by atoms with van der Waals surface area (Å²) >= 11 is 8.75. The quantitative estimate of drug-likeness (QED) is 0.0777. The van der Waals surface area contributed by atoms with E-state index in [-0.39, 0.29) is 53.8 Å². The zero-order valence-electron chi connectivity index (χ0n) is 21.7. The van der Waals surface area contributed by atoms with Gasteiger partial charge < -0.3 is 21.1 Å². The van der Waals surface area contributed by atoms with E-state index in [1.54, 1.807) is 12.1 Å². The van der Waals surface area contributed by atoms with Crippen LogP contribution in [0.25, 0.3) is 10.8 Å². The van der Waals surface area contributed by atoms with Gasteiger partial charge in [0.05, 0.1) is 51.6 Å². The van der Waals surface area contributed by atoms with Crippen molar-refractivity contribution < 1.29 is 32.2 Å². The van der Waals surface area contributed by atoms with Gasteiger partial charge in [-0.25, -0.2) is 16.8 Å². The molecule has 0 saturated heterocycles. The molecule has 16 heteroatoms. The Morgan fingerprint density at radius 1 is 0.690 bits per heavy atom. The summed E-state index contributed by atoms with van der Waals surface area (Å²) in [6.45, 7) is -1.04. The van der Waals surface area contributed by atoms with Gasteiger partial charge in [-0.15, -0.1) is 40.6 Å². The fourth-order valence-corrected chi connectivity index (χ4v) is 6.59. The Kier molecular flexibility index (Phi) is 9.54. The highest BCUT2D eigenvalue weighted by atomic mass is 32.2. The third kappa shape index (κ3) is 6.74. The number of hydrogen-bond acceptors (Lipinski definition) is 14. The average Bonchev–Trinajstić information content (AvgIpc) is 2.93. The molecule has 0 unspecified atom stereocenters. The lowest BCUT2D eigenvalue weighted by molar-refractivity contribution is 0.319. The van der Waals surface area contributed by atoms with Gasteiger partial charge in [0, 0.05) is 20.6 Å². The van der Waals surface area contributed by atoms with Crippen LogP contribution in [0.3, 0.4) is 0 Å². The number of nitrogens with zero attached hydrogens (tertiary/aromatic N) is 4. The van der Waals surface area contributed by atoms with E-state index in [0.717, 1.165) is 0 Å². The van der Waals surface area contributed by atoms with Crippen molar-refractivity contribution in [2.24, 2.45) is 20.5 Å². The normalized spacial score (nSPS) is 12.6. The number of azo groups is 2. The van der Waals surface area contributed by atoms with Gasteiger partial charge in [0.2, 0.25) is 0 Å². The Morgan fingerprint density at radius 3 is 1.98 bits per heavy atom. The monoisotopic (exact) mass is 647 g/mol. The van der Waals surface area contributed by atoms with E-state index in [1.165, 1.54) is 48.5 Å². The molecule has 0 radical (unpaired) electrons. The second-order valence-electron chi connectivity index (χ2n) is 8.82. The van der Waals surface area contributed by atoms with E-state index in [9.17, 15) is 21.9 Å². The van der Waals surface area contributed by atoms with Crippen molar-refractivity contribution in [1.29, 1.82) is 0 Å². The lowest BCUT2D eigenvalue weighted by Gasteiger charge is -2.10. The molecule has 0 fully saturated rings. The summed E-state index contributed by atoms with van der Waals surface area (Å²) in [6.07, 6.45) is 0. The number of sulfone groups is 2. The second-order valence-corrected chi connectivity index (χ2v) is 14.0. The average molecular weight is 648 g/mol. The van der Waals surface area contributed by atoms with Crippen LogP contribution in [0.15, 0.2) is 101 Å². The smallest absolute Gasteiger partial charge is 0.180 e. The number of thiol groups is 2. The number of aromatic hydroxyl groups is 1. The first kappa shape index (κ1) is 31.4. The molecule has 0 bridgehead atoms. The van der Waals surface area contributed by atoms with Gasteiger partial charge >= 0.3 is 0 Å². The number of rotatable bonds is 10. The number of phenolic OH excluding ortho intramolecular Hbond substituents is 1. The van der Waals surface area contributed by atoms with Crippen LogP contribution in [0.4, 0.5) is 28.4 Å². The molecule has 5 N–H and O–H groups in total. The van der Waals surface area contributed by atoms with E-state index in [1.807, 2.05) is 0 Å². The third-order valence-electron chi connectivity index (χ3n) is 5.98. The van der Waals surface area contributed by atoms with Crippen molar-refractivity contribution in [3.8, 4) is 5.75 Å². The largest absolute Gasteiger partial charge is 0.505 e. The Labute approximate surface area is 252 Å². The number of benzene rings is 4. The van der Waals surface area contributed by atoms with Crippen molar-refractivity contribution in [3.05, 3.63) is 60.7 Å². The van der Waals surface area contributed by atoms with Crippen LogP contribution < -0.4 is 5.73 Å². The summed E-state index contributed by atoms with van der Waals surface area (Å²) < 4.78 is 49.0. The molecule has 0 heterocycles. The maximum absolute atomic E-state index is 12.3. The maximum atomic E-state index is 12.3. The molecule has 0 atom stereocenters. The molecule has 0 aliphatic rings. The zero-order chi connectivity index (χ0) is 30.7. The fourth-order valence-electron chi connectivity index (χ4n) is 3.85. The Balaban J connectivity index is 1.71. The molecule has 0 aliphatic heterocycles. The Hall–Kier alpha value is -3.54. The molecule has 0 aliphatic carbocycles. The van der Waals surface area contributed by atoms with Crippen molar-refractivity contribution in [3.63, 3.8) is 0 Å². The topological polar surface area (TPSA) is 204 Å².